The molecule has 92 valence electrons. The Morgan fingerprint density at radius 3 is 2.62 bits per heavy atom. The fourth-order valence-electron chi connectivity index (χ4n) is 0.921. The highest BCUT2D eigenvalue weighted by Crippen LogP contribution is 2.59. The Balaban J connectivity index is 4.76. The second-order valence-electron chi connectivity index (χ2n) is 3.32. The lowest BCUT2D eigenvalue weighted by Crippen LogP contribution is -2.27. The number of carbonyl (C=O) groups is 1. The van der Waals surface area contributed by atoms with Gasteiger partial charge >= 0.3 is 0 Å². The van der Waals surface area contributed by atoms with Crippen LogP contribution in [0.4, 0.5) is 0 Å². The Morgan fingerprint density at radius 2 is 2.25 bits per heavy atom. The summed E-state index contributed by atoms with van der Waals surface area (Å²) in [5, 5.41) is 11.3. The van der Waals surface area contributed by atoms with Crippen LogP contribution in [0.15, 0.2) is 0 Å². The van der Waals surface area contributed by atoms with Crippen LogP contribution in [0.3, 0.4) is 0 Å². The molecule has 0 saturated carbocycles. The number of nitriles is 1. The van der Waals surface area contributed by atoms with E-state index < -0.39 is 12.6 Å². The molecular formula is C9H18N3O2PS. The molecule has 5 nitrogen and oxygen atoms in total. The first-order chi connectivity index (χ1) is 7.41. The van der Waals surface area contributed by atoms with Crippen molar-refractivity contribution in [1.82, 2.24) is 9.76 Å². The van der Waals surface area contributed by atoms with Gasteiger partial charge in [-0.15, -0.1) is 0 Å². The van der Waals surface area contributed by atoms with Crippen LogP contribution in [0.1, 0.15) is 26.7 Å². The van der Waals surface area contributed by atoms with Crippen molar-refractivity contribution < 1.29 is 9.36 Å². The molecule has 0 aromatic heterocycles. The van der Waals surface area contributed by atoms with E-state index in [0.29, 0.717) is 0 Å². The van der Waals surface area contributed by atoms with Crippen LogP contribution in [0, 0.1) is 11.3 Å². The maximum Gasteiger partial charge on any atom is 0.294 e. The predicted octanol–water partition coefficient (Wildman–Crippen LogP) is 2.22. The number of hydrogen-bond acceptors (Lipinski definition) is 4. The fraction of sp³-hybridized carbons (Fsp3) is 0.778. The molecule has 0 aliphatic rings. The third-order valence-corrected chi connectivity index (χ3v) is 7.94. The molecule has 16 heavy (non-hydrogen) atoms. The topological polar surface area (TPSA) is 73.2 Å². The number of carbonyl (C=O) groups excluding carboxylic acids is 1. The van der Waals surface area contributed by atoms with Crippen molar-refractivity contribution in [2.45, 2.75) is 31.9 Å². The molecule has 0 bridgehead atoms. The lowest BCUT2D eigenvalue weighted by Gasteiger charge is -2.28. The smallest absolute Gasteiger partial charge is 0.275 e. The van der Waals surface area contributed by atoms with Crippen molar-refractivity contribution in [1.29, 1.82) is 5.26 Å². The van der Waals surface area contributed by atoms with E-state index >= 15 is 0 Å². The molecule has 2 atom stereocenters. The number of amides is 1. The van der Waals surface area contributed by atoms with Crippen LogP contribution in [0.25, 0.3) is 0 Å². The van der Waals surface area contributed by atoms with Gasteiger partial charge in [-0.1, -0.05) is 25.2 Å². The van der Waals surface area contributed by atoms with Crippen molar-refractivity contribution in [2.75, 3.05) is 14.1 Å². The Bertz CT molecular complexity index is 329. The highest BCUT2D eigenvalue weighted by Gasteiger charge is 2.31. The molecule has 1 N–H and O–H groups in total. The minimum absolute atomic E-state index is 0.190. The second-order valence-corrected chi connectivity index (χ2v) is 8.54. The monoisotopic (exact) mass is 263 g/mol. The first-order valence-electron chi connectivity index (χ1n) is 5.02. The van der Waals surface area contributed by atoms with Crippen molar-refractivity contribution in [3.63, 3.8) is 0 Å². The summed E-state index contributed by atoms with van der Waals surface area (Å²) in [6.07, 6.45) is 0.625. The van der Waals surface area contributed by atoms with Gasteiger partial charge in [0.2, 0.25) is 5.91 Å². The zero-order valence-electron chi connectivity index (χ0n) is 10.1. The van der Waals surface area contributed by atoms with Gasteiger partial charge in [0.05, 0.1) is 6.07 Å². The molecule has 2 unspecified atom stereocenters. The standard InChI is InChI=1S/C9H18N3O2PS/c1-5-8(2)16-15(14,11-3)12(4)9(13)6-7-10/h8H,5-6H2,1-4H3,(H,11,14). The Morgan fingerprint density at radius 1 is 1.69 bits per heavy atom. The fourth-order valence-corrected chi connectivity index (χ4v) is 5.39. The molecule has 0 heterocycles. The van der Waals surface area contributed by atoms with Crippen molar-refractivity contribution >= 4 is 23.9 Å². The van der Waals surface area contributed by atoms with Crippen LogP contribution in [-0.4, -0.2) is 29.9 Å². The lowest BCUT2D eigenvalue weighted by atomic mass is 10.4. The van der Waals surface area contributed by atoms with Gasteiger partial charge in [0.15, 0.2) is 0 Å². The van der Waals surface area contributed by atoms with E-state index in [1.165, 1.54) is 18.4 Å². The molecule has 0 aliphatic heterocycles. The normalized spacial score (nSPS) is 15.9. The van der Waals surface area contributed by atoms with Gasteiger partial charge in [-0.2, -0.15) is 5.26 Å². The predicted molar refractivity (Wildman–Crippen MR) is 67.0 cm³/mol. The zero-order chi connectivity index (χ0) is 12.8. The molecule has 0 spiro atoms. The SMILES string of the molecule is CCC(C)SP(=O)(NC)N(C)C(=O)CC#N. The summed E-state index contributed by atoms with van der Waals surface area (Å²) in [6, 6.07) is 1.76. The van der Waals surface area contributed by atoms with E-state index in [4.69, 9.17) is 5.26 Å². The zero-order valence-corrected chi connectivity index (χ0v) is 11.8. The number of nitrogens with zero attached hydrogens (tertiary/aromatic N) is 2. The van der Waals surface area contributed by atoms with Crippen LogP contribution in [0.5, 0.6) is 0 Å². The third kappa shape index (κ3) is 4.17. The average molecular weight is 263 g/mol. The first kappa shape index (κ1) is 15.5. The van der Waals surface area contributed by atoms with Gasteiger partial charge in [-0.25, -0.2) is 5.09 Å². The van der Waals surface area contributed by atoms with E-state index in [2.05, 4.69) is 5.09 Å². The summed E-state index contributed by atoms with van der Waals surface area (Å²) >= 11 is 1.25. The number of hydrogen-bond donors (Lipinski definition) is 1. The minimum Gasteiger partial charge on any atom is -0.275 e. The summed E-state index contributed by atoms with van der Waals surface area (Å²) in [5.74, 6) is -0.420. The van der Waals surface area contributed by atoms with Gasteiger partial charge in [0, 0.05) is 12.3 Å². The summed E-state index contributed by atoms with van der Waals surface area (Å²) in [5.41, 5.74) is 0. The largest absolute Gasteiger partial charge is 0.294 e. The van der Waals surface area contributed by atoms with E-state index in [9.17, 15) is 9.36 Å². The molecule has 0 aromatic rings. The first-order valence-corrected chi connectivity index (χ1v) is 8.17. The second kappa shape index (κ2) is 6.95. The highest BCUT2D eigenvalue weighted by atomic mass is 32.7. The van der Waals surface area contributed by atoms with Crippen LogP contribution >= 0.6 is 18.0 Å². The molecule has 1 amide bonds. The van der Waals surface area contributed by atoms with Gasteiger partial charge in [-0.3, -0.25) is 14.0 Å². The van der Waals surface area contributed by atoms with Gasteiger partial charge in [0.1, 0.15) is 6.42 Å². The quantitative estimate of drug-likeness (QED) is 0.744. The number of nitrogens with one attached hydrogen (secondary N) is 1. The van der Waals surface area contributed by atoms with Gasteiger partial charge in [0.25, 0.3) is 6.65 Å². The maximum absolute atomic E-state index is 12.4. The Kier molecular flexibility index (Phi) is 6.73. The Labute approximate surface area is 101 Å². The third-order valence-electron chi connectivity index (χ3n) is 2.17. The lowest BCUT2D eigenvalue weighted by molar-refractivity contribution is -0.124. The van der Waals surface area contributed by atoms with Crippen molar-refractivity contribution in [3.8, 4) is 6.07 Å². The molecule has 0 fully saturated rings. The maximum atomic E-state index is 12.4. The summed E-state index contributed by atoms with van der Waals surface area (Å²) in [6.45, 7) is 1.000. The molecule has 0 aromatic carbocycles. The van der Waals surface area contributed by atoms with Crippen molar-refractivity contribution in [3.05, 3.63) is 0 Å². The molecule has 0 radical (unpaired) electrons. The van der Waals surface area contributed by atoms with Crippen LogP contribution < -0.4 is 5.09 Å². The number of rotatable bonds is 6. The summed E-state index contributed by atoms with van der Waals surface area (Å²) in [7, 11) is 3.03. The van der Waals surface area contributed by atoms with Gasteiger partial charge in [-0.05, 0) is 13.5 Å². The average Bonchev–Trinajstić information content (AvgIpc) is 2.27. The van der Waals surface area contributed by atoms with Crippen LogP contribution in [0.2, 0.25) is 0 Å². The Hall–Kier alpha value is -0.500. The molecule has 0 saturated heterocycles. The molecule has 7 heteroatoms. The van der Waals surface area contributed by atoms with E-state index in [-0.39, 0.29) is 11.7 Å². The van der Waals surface area contributed by atoms with E-state index in [1.807, 2.05) is 13.8 Å². The van der Waals surface area contributed by atoms with E-state index in [0.717, 1.165) is 11.1 Å². The van der Waals surface area contributed by atoms with Gasteiger partial charge < -0.3 is 0 Å². The molecule has 0 rings (SSSR count). The van der Waals surface area contributed by atoms with E-state index in [1.54, 1.807) is 13.1 Å². The summed E-state index contributed by atoms with van der Waals surface area (Å²) in [4.78, 5) is 11.5. The summed E-state index contributed by atoms with van der Waals surface area (Å²) < 4.78 is 13.6. The molecular weight excluding hydrogens is 245 g/mol. The van der Waals surface area contributed by atoms with Crippen molar-refractivity contribution in [2.24, 2.45) is 0 Å². The molecule has 0 aliphatic carbocycles. The van der Waals surface area contributed by atoms with Crippen LogP contribution in [-0.2, 0) is 9.36 Å². The highest BCUT2D eigenvalue weighted by molar-refractivity contribution is 8.57. The minimum atomic E-state index is -2.95.